The molecule has 2 aliphatic heterocycles. The molecule has 4 heterocycles. The van der Waals surface area contributed by atoms with Crippen LogP contribution >= 0.6 is 0 Å². The first-order chi connectivity index (χ1) is 12.8. The molecule has 7 heteroatoms. The van der Waals surface area contributed by atoms with Crippen molar-refractivity contribution in [3.63, 3.8) is 0 Å². The van der Waals surface area contributed by atoms with Crippen molar-refractivity contribution in [2.45, 2.75) is 31.4 Å². The molecule has 7 nitrogen and oxygen atoms in total. The number of carbonyl (C=O) groups excluding carboxylic acids is 1. The second-order valence-corrected chi connectivity index (χ2v) is 7.63. The van der Waals surface area contributed by atoms with Gasteiger partial charge in [-0.25, -0.2) is 0 Å². The number of hydrogen-bond acceptors (Lipinski definition) is 6. The molecular formula is C19H23N3O4. The smallest absolute Gasteiger partial charge is 0.276 e. The molecule has 0 radical (unpaired) electrons. The molecule has 3 fully saturated rings. The van der Waals surface area contributed by atoms with Gasteiger partial charge in [-0.15, -0.1) is 0 Å². The zero-order chi connectivity index (χ0) is 17.5. The van der Waals surface area contributed by atoms with Crippen LogP contribution in [0.2, 0.25) is 0 Å². The second-order valence-electron chi connectivity index (χ2n) is 7.63. The van der Waals surface area contributed by atoms with Crippen LogP contribution in [-0.2, 0) is 11.3 Å². The zero-order valence-electron chi connectivity index (χ0n) is 14.7. The lowest BCUT2D eigenvalue weighted by Crippen LogP contribution is -2.33. The first kappa shape index (κ1) is 16.1. The van der Waals surface area contributed by atoms with Crippen molar-refractivity contribution < 1.29 is 18.5 Å². The highest BCUT2D eigenvalue weighted by Gasteiger charge is 2.39. The topological polar surface area (TPSA) is 72.0 Å². The Morgan fingerprint density at radius 2 is 2.19 bits per heavy atom. The number of amides is 1. The lowest BCUT2D eigenvalue weighted by atomic mass is 10.1. The molecule has 0 spiro atoms. The van der Waals surface area contributed by atoms with Crippen molar-refractivity contribution in [2.24, 2.45) is 5.92 Å². The molecule has 3 aliphatic rings. The average Bonchev–Trinajstić information content (AvgIpc) is 3.06. The lowest BCUT2D eigenvalue weighted by molar-refractivity contribution is 0.0481. The first-order valence-corrected chi connectivity index (χ1v) is 9.37. The molecule has 138 valence electrons. The predicted octanol–water partition coefficient (Wildman–Crippen LogP) is 2.12. The molecule has 2 atom stereocenters. The van der Waals surface area contributed by atoms with Crippen molar-refractivity contribution >= 4 is 5.91 Å². The van der Waals surface area contributed by atoms with Gasteiger partial charge in [0.1, 0.15) is 5.76 Å². The van der Waals surface area contributed by atoms with Gasteiger partial charge in [-0.2, -0.15) is 0 Å². The summed E-state index contributed by atoms with van der Waals surface area (Å²) < 4.78 is 16.5. The second kappa shape index (κ2) is 6.55. The van der Waals surface area contributed by atoms with E-state index in [0.717, 1.165) is 38.2 Å². The minimum atomic E-state index is -0.0429. The minimum absolute atomic E-state index is 0.0429. The van der Waals surface area contributed by atoms with E-state index in [-0.39, 0.29) is 12.0 Å². The molecule has 1 saturated carbocycles. The van der Waals surface area contributed by atoms with E-state index in [1.165, 1.54) is 5.56 Å². The monoisotopic (exact) mass is 357 g/mol. The molecule has 5 rings (SSSR count). The zero-order valence-corrected chi connectivity index (χ0v) is 14.7. The summed E-state index contributed by atoms with van der Waals surface area (Å²) in [5, 5.41) is 3.99. The van der Waals surface area contributed by atoms with Crippen molar-refractivity contribution in [1.29, 1.82) is 0 Å². The van der Waals surface area contributed by atoms with E-state index < -0.39 is 0 Å². The Bertz CT molecular complexity index is 768. The van der Waals surface area contributed by atoms with E-state index >= 15 is 0 Å². The Morgan fingerprint density at radius 1 is 1.27 bits per heavy atom. The summed E-state index contributed by atoms with van der Waals surface area (Å²) in [5.74, 6) is 1.60. The molecule has 2 saturated heterocycles. The predicted molar refractivity (Wildman–Crippen MR) is 91.6 cm³/mol. The van der Waals surface area contributed by atoms with Crippen LogP contribution in [0.1, 0.15) is 40.6 Å². The third-order valence-corrected chi connectivity index (χ3v) is 5.61. The van der Waals surface area contributed by atoms with E-state index in [2.05, 4.69) is 10.1 Å². The Kier molecular flexibility index (Phi) is 4.05. The molecule has 0 N–H and O–H groups in total. The van der Waals surface area contributed by atoms with Gasteiger partial charge in [-0.05, 0) is 18.9 Å². The summed E-state index contributed by atoms with van der Waals surface area (Å²) in [5.41, 5.74) is 1.60. The number of nitrogens with zero attached hydrogens (tertiary/aromatic N) is 3. The summed E-state index contributed by atoms with van der Waals surface area (Å²) in [4.78, 5) is 17.0. The maximum atomic E-state index is 12.8. The number of furan rings is 1. The van der Waals surface area contributed by atoms with Gasteiger partial charge in [0.2, 0.25) is 0 Å². The van der Waals surface area contributed by atoms with Gasteiger partial charge in [0, 0.05) is 56.2 Å². The van der Waals surface area contributed by atoms with E-state index in [1.807, 2.05) is 17.0 Å². The first-order valence-electron chi connectivity index (χ1n) is 9.37. The molecule has 2 aromatic heterocycles. The van der Waals surface area contributed by atoms with E-state index in [9.17, 15) is 4.79 Å². The quantitative estimate of drug-likeness (QED) is 0.835. The van der Waals surface area contributed by atoms with Crippen LogP contribution in [0.4, 0.5) is 0 Å². The summed E-state index contributed by atoms with van der Waals surface area (Å²) in [6.45, 7) is 4.71. The van der Waals surface area contributed by atoms with Crippen molar-refractivity contribution in [1.82, 2.24) is 15.0 Å². The standard InChI is InChI=1S/C19H23N3O4/c23-19(16-7-17(26-20-16)14-1-2-14)22-10-15-9-21(4-6-25-18(15)11-22)8-13-3-5-24-12-13/h3,5,7,12,14-15,18H,1-2,4,6,8-11H2/t15-,18+/m0/s1. The van der Waals surface area contributed by atoms with Crippen molar-refractivity contribution in [2.75, 3.05) is 32.8 Å². The fraction of sp³-hybridized carbons (Fsp3) is 0.579. The van der Waals surface area contributed by atoms with Gasteiger partial charge >= 0.3 is 0 Å². The van der Waals surface area contributed by atoms with Gasteiger partial charge in [-0.1, -0.05) is 5.16 Å². The summed E-state index contributed by atoms with van der Waals surface area (Å²) >= 11 is 0. The maximum Gasteiger partial charge on any atom is 0.276 e. The molecule has 0 aromatic carbocycles. The van der Waals surface area contributed by atoms with E-state index in [4.69, 9.17) is 13.7 Å². The van der Waals surface area contributed by atoms with Crippen LogP contribution in [0, 0.1) is 5.92 Å². The highest BCUT2D eigenvalue weighted by Crippen LogP contribution is 2.40. The van der Waals surface area contributed by atoms with Crippen LogP contribution in [0.5, 0.6) is 0 Å². The molecule has 0 unspecified atom stereocenters. The van der Waals surface area contributed by atoms with Crippen LogP contribution in [0.3, 0.4) is 0 Å². The summed E-state index contributed by atoms with van der Waals surface area (Å²) in [6.07, 6.45) is 5.86. The van der Waals surface area contributed by atoms with Crippen LogP contribution in [0.25, 0.3) is 0 Å². The Balaban J connectivity index is 1.24. The lowest BCUT2D eigenvalue weighted by Gasteiger charge is -2.22. The van der Waals surface area contributed by atoms with Gasteiger partial charge in [0.05, 0.1) is 25.2 Å². The number of likely N-dealkylation sites (tertiary alicyclic amines) is 1. The molecular weight excluding hydrogens is 334 g/mol. The van der Waals surface area contributed by atoms with Crippen molar-refractivity contribution in [3.05, 3.63) is 41.7 Å². The number of rotatable bonds is 4. The maximum absolute atomic E-state index is 12.8. The number of fused-ring (bicyclic) bond motifs is 1. The van der Waals surface area contributed by atoms with Gasteiger partial charge in [0.25, 0.3) is 5.91 Å². The molecule has 2 aromatic rings. The normalized spacial score (nSPS) is 26.7. The number of hydrogen-bond donors (Lipinski definition) is 0. The molecule has 1 amide bonds. The largest absolute Gasteiger partial charge is 0.472 e. The van der Waals surface area contributed by atoms with E-state index in [0.29, 0.717) is 37.2 Å². The van der Waals surface area contributed by atoms with Crippen LogP contribution < -0.4 is 0 Å². The highest BCUT2D eigenvalue weighted by molar-refractivity contribution is 5.92. The average molecular weight is 357 g/mol. The minimum Gasteiger partial charge on any atom is -0.472 e. The van der Waals surface area contributed by atoms with Crippen molar-refractivity contribution in [3.8, 4) is 0 Å². The molecule has 26 heavy (non-hydrogen) atoms. The summed E-state index contributed by atoms with van der Waals surface area (Å²) in [6, 6.07) is 3.82. The SMILES string of the molecule is O=C(c1cc(C2CC2)on1)N1C[C@@H]2CN(Cc3ccoc3)CCO[C@@H]2C1. The van der Waals surface area contributed by atoms with Crippen LogP contribution in [0.15, 0.2) is 33.6 Å². The Hall–Kier alpha value is -2.12. The molecule has 0 bridgehead atoms. The van der Waals surface area contributed by atoms with Gasteiger partial charge < -0.3 is 18.6 Å². The summed E-state index contributed by atoms with van der Waals surface area (Å²) in [7, 11) is 0. The highest BCUT2D eigenvalue weighted by atomic mass is 16.5. The fourth-order valence-electron chi connectivity index (χ4n) is 4.02. The number of aromatic nitrogens is 1. The third-order valence-electron chi connectivity index (χ3n) is 5.61. The van der Waals surface area contributed by atoms with E-state index in [1.54, 1.807) is 12.5 Å². The fourth-order valence-corrected chi connectivity index (χ4v) is 4.02. The number of carbonyl (C=O) groups is 1. The van der Waals surface area contributed by atoms with Crippen LogP contribution in [-0.4, -0.2) is 59.8 Å². The third kappa shape index (κ3) is 3.17. The Morgan fingerprint density at radius 3 is 3.00 bits per heavy atom. The Labute approximate surface area is 151 Å². The number of ether oxygens (including phenoxy) is 1. The van der Waals surface area contributed by atoms with Gasteiger partial charge in [0.15, 0.2) is 5.69 Å². The molecule has 1 aliphatic carbocycles. The van der Waals surface area contributed by atoms with Gasteiger partial charge in [-0.3, -0.25) is 9.69 Å².